The maximum atomic E-state index is 13.1. The first kappa shape index (κ1) is 20.1. The Balaban J connectivity index is 1.40. The van der Waals surface area contributed by atoms with Crippen LogP contribution in [0.25, 0.3) is 0 Å². The normalized spacial score (nSPS) is 14.5. The molecule has 1 saturated heterocycles. The van der Waals surface area contributed by atoms with Crippen LogP contribution in [0.5, 0.6) is 5.75 Å². The summed E-state index contributed by atoms with van der Waals surface area (Å²) in [6.07, 6.45) is 1.54. The lowest BCUT2D eigenvalue weighted by atomic mass is 9.97. The number of piperidine rings is 1. The third kappa shape index (κ3) is 4.52. The molecule has 4 rings (SSSR count). The zero-order valence-corrected chi connectivity index (χ0v) is 17.2. The van der Waals surface area contributed by atoms with Gasteiger partial charge in [0.25, 0.3) is 5.91 Å². The summed E-state index contributed by atoms with van der Waals surface area (Å²) in [4.78, 5) is 30.2. The molecule has 1 fully saturated rings. The molecule has 1 aliphatic heterocycles. The van der Waals surface area contributed by atoms with Gasteiger partial charge in [0.05, 0.1) is 10.6 Å². The van der Waals surface area contributed by atoms with E-state index in [0.717, 1.165) is 23.4 Å². The fraction of sp³-hybridized carbons (Fsp3) is 0.261. The fourth-order valence-corrected chi connectivity index (χ4v) is 4.54. The summed E-state index contributed by atoms with van der Waals surface area (Å²) in [6.45, 7) is 1.63. The molecule has 0 saturated carbocycles. The largest absolute Gasteiger partial charge is 0.488 e. The monoisotopic (exact) mass is 422 g/mol. The molecule has 1 aliphatic rings. The van der Waals surface area contributed by atoms with Crippen LogP contribution in [-0.2, 0) is 6.61 Å². The maximum absolute atomic E-state index is 13.1. The Hall–Kier alpha value is -3.19. The van der Waals surface area contributed by atoms with Crippen LogP contribution in [0.3, 0.4) is 0 Å². The lowest BCUT2D eigenvalue weighted by Crippen LogP contribution is -2.38. The zero-order chi connectivity index (χ0) is 20.9. The van der Waals surface area contributed by atoms with Crippen molar-refractivity contribution in [1.29, 1.82) is 0 Å². The Bertz CT molecular complexity index is 1030. The molecule has 0 bridgehead atoms. The van der Waals surface area contributed by atoms with E-state index >= 15 is 0 Å². The number of carbonyl (C=O) groups is 2. The smallest absolute Gasteiger partial charge is 0.355 e. The molecule has 1 aromatic heterocycles. The number of hydrogen-bond acceptors (Lipinski definition) is 5. The minimum absolute atomic E-state index is 0.0394. The van der Waals surface area contributed by atoms with Gasteiger partial charge in [-0.1, -0.05) is 42.5 Å². The van der Waals surface area contributed by atoms with Gasteiger partial charge in [0.1, 0.15) is 12.4 Å². The lowest BCUT2D eigenvalue weighted by molar-refractivity contribution is 0.0690. The van der Waals surface area contributed by atoms with Crippen LogP contribution in [0, 0.1) is 0 Å². The van der Waals surface area contributed by atoms with Crippen LogP contribution >= 0.6 is 11.3 Å². The quantitative estimate of drug-likeness (QED) is 0.635. The number of carboxylic acids is 1. The number of thiazole rings is 1. The van der Waals surface area contributed by atoms with E-state index in [-0.39, 0.29) is 17.5 Å². The summed E-state index contributed by atoms with van der Waals surface area (Å²) < 4.78 is 5.94. The van der Waals surface area contributed by atoms with Crippen LogP contribution in [0.4, 0.5) is 0 Å². The number of ether oxygens (including phenoxy) is 1. The molecule has 1 N–H and O–H groups in total. The molecule has 154 valence electrons. The highest BCUT2D eigenvalue weighted by molar-refractivity contribution is 7.09. The van der Waals surface area contributed by atoms with E-state index in [4.69, 9.17) is 9.84 Å². The molecule has 0 radical (unpaired) electrons. The minimum atomic E-state index is -1.00. The van der Waals surface area contributed by atoms with Crippen molar-refractivity contribution in [3.8, 4) is 5.75 Å². The second kappa shape index (κ2) is 9.09. The highest BCUT2D eigenvalue weighted by Gasteiger charge is 2.28. The summed E-state index contributed by atoms with van der Waals surface area (Å²) >= 11 is 1.38. The molecule has 0 atom stereocenters. The first-order valence-electron chi connectivity index (χ1n) is 9.85. The highest BCUT2D eigenvalue weighted by Crippen LogP contribution is 2.31. The van der Waals surface area contributed by atoms with E-state index in [0.29, 0.717) is 31.0 Å². The second-order valence-corrected chi connectivity index (χ2v) is 8.10. The number of likely N-dealkylation sites (tertiary alicyclic amines) is 1. The van der Waals surface area contributed by atoms with Gasteiger partial charge in [-0.15, -0.1) is 11.3 Å². The summed E-state index contributed by atoms with van der Waals surface area (Å²) in [5.74, 6) is -0.268. The van der Waals surface area contributed by atoms with Crippen molar-refractivity contribution < 1.29 is 19.4 Å². The summed E-state index contributed by atoms with van der Waals surface area (Å²) in [5, 5.41) is 11.5. The topological polar surface area (TPSA) is 79.7 Å². The van der Waals surface area contributed by atoms with Crippen LogP contribution in [0.2, 0.25) is 0 Å². The van der Waals surface area contributed by atoms with Crippen molar-refractivity contribution in [2.75, 3.05) is 13.1 Å². The van der Waals surface area contributed by atoms with Gasteiger partial charge < -0.3 is 14.7 Å². The Morgan fingerprint density at radius 2 is 1.77 bits per heavy atom. The number of carboxylic acid groups (broad SMARTS) is 1. The first-order valence-corrected chi connectivity index (χ1v) is 10.7. The molecule has 2 aromatic carbocycles. The fourth-order valence-electron chi connectivity index (χ4n) is 3.58. The second-order valence-electron chi connectivity index (χ2n) is 7.21. The first-order chi connectivity index (χ1) is 14.6. The van der Waals surface area contributed by atoms with Gasteiger partial charge in [-0.05, 0) is 30.5 Å². The average Bonchev–Trinajstić information content (AvgIpc) is 3.29. The zero-order valence-electron chi connectivity index (χ0n) is 16.4. The molecular formula is C23H22N2O4S. The highest BCUT2D eigenvalue weighted by atomic mass is 32.1. The Morgan fingerprint density at radius 3 is 2.47 bits per heavy atom. The number of hydrogen-bond donors (Lipinski definition) is 1. The number of carbonyl (C=O) groups excluding carboxylic acids is 1. The van der Waals surface area contributed by atoms with Gasteiger partial charge in [-0.25, -0.2) is 9.78 Å². The Kier molecular flexibility index (Phi) is 6.09. The molecule has 7 heteroatoms. The molecule has 3 aromatic rings. The molecule has 1 amide bonds. The molecule has 0 aliphatic carbocycles. The van der Waals surface area contributed by atoms with Gasteiger partial charge >= 0.3 is 5.97 Å². The van der Waals surface area contributed by atoms with Gasteiger partial charge in [0.15, 0.2) is 5.69 Å². The number of benzene rings is 2. The number of amides is 1. The summed E-state index contributed by atoms with van der Waals surface area (Å²) in [7, 11) is 0. The van der Waals surface area contributed by atoms with Gasteiger partial charge in [-0.3, -0.25) is 4.79 Å². The van der Waals surface area contributed by atoms with Crippen LogP contribution in [-0.4, -0.2) is 40.0 Å². The number of nitrogens with zero attached hydrogens (tertiary/aromatic N) is 2. The Labute approximate surface area is 178 Å². The van der Waals surface area contributed by atoms with E-state index in [9.17, 15) is 9.59 Å². The van der Waals surface area contributed by atoms with Crippen molar-refractivity contribution >= 4 is 23.2 Å². The summed E-state index contributed by atoms with van der Waals surface area (Å²) in [6, 6.07) is 17.2. The third-order valence-corrected chi connectivity index (χ3v) is 6.23. The number of para-hydroxylation sites is 1. The van der Waals surface area contributed by atoms with Crippen LogP contribution in [0.1, 0.15) is 50.2 Å². The number of aromatic nitrogens is 1. The predicted octanol–water partition coefficient (Wildman–Crippen LogP) is 4.44. The van der Waals surface area contributed by atoms with Gasteiger partial charge in [-0.2, -0.15) is 0 Å². The predicted molar refractivity (Wildman–Crippen MR) is 114 cm³/mol. The third-order valence-electron chi connectivity index (χ3n) is 5.23. The number of rotatable bonds is 6. The minimum Gasteiger partial charge on any atom is -0.488 e. The van der Waals surface area contributed by atoms with Crippen molar-refractivity contribution in [2.45, 2.75) is 25.4 Å². The molecule has 0 spiro atoms. The van der Waals surface area contributed by atoms with E-state index in [1.165, 1.54) is 11.3 Å². The molecule has 0 unspecified atom stereocenters. The molecule has 2 heterocycles. The van der Waals surface area contributed by atoms with Gasteiger partial charge in [0, 0.05) is 24.4 Å². The molecular weight excluding hydrogens is 400 g/mol. The van der Waals surface area contributed by atoms with Crippen molar-refractivity contribution in [3.05, 3.63) is 81.8 Å². The van der Waals surface area contributed by atoms with Crippen LogP contribution < -0.4 is 4.74 Å². The van der Waals surface area contributed by atoms with Crippen LogP contribution in [0.15, 0.2) is 60.0 Å². The van der Waals surface area contributed by atoms with E-state index < -0.39 is 5.97 Å². The number of aromatic carboxylic acids is 1. The SMILES string of the molecule is O=C(O)c1csc(C2CCN(C(=O)c3ccccc3OCc3ccccc3)CC2)n1. The molecule has 6 nitrogen and oxygen atoms in total. The van der Waals surface area contributed by atoms with Crippen molar-refractivity contribution in [3.63, 3.8) is 0 Å². The lowest BCUT2D eigenvalue weighted by Gasteiger charge is -2.31. The van der Waals surface area contributed by atoms with Crippen molar-refractivity contribution in [2.24, 2.45) is 0 Å². The summed E-state index contributed by atoms with van der Waals surface area (Å²) in [5.41, 5.74) is 1.71. The van der Waals surface area contributed by atoms with Crippen molar-refractivity contribution in [1.82, 2.24) is 9.88 Å². The maximum Gasteiger partial charge on any atom is 0.355 e. The van der Waals surface area contributed by atoms with E-state index in [2.05, 4.69) is 4.98 Å². The van der Waals surface area contributed by atoms with E-state index in [1.807, 2.05) is 53.4 Å². The van der Waals surface area contributed by atoms with Gasteiger partial charge in [0.2, 0.25) is 0 Å². The molecule has 30 heavy (non-hydrogen) atoms. The Morgan fingerprint density at radius 1 is 1.07 bits per heavy atom. The average molecular weight is 423 g/mol. The van der Waals surface area contributed by atoms with E-state index in [1.54, 1.807) is 11.4 Å². The standard InChI is InChI=1S/C23H22N2O4S/c26-22(18-8-4-5-9-20(18)29-14-16-6-2-1-3-7-16)25-12-10-17(11-13-25)21-24-19(15-30-21)23(27)28/h1-9,15,17H,10-14H2,(H,27,28).